The second-order valence-electron chi connectivity index (χ2n) is 11.4. The summed E-state index contributed by atoms with van der Waals surface area (Å²) in [5.74, 6) is 2.17. The van der Waals surface area contributed by atoms with Gasteiger partial charge in [-0.2, -0.15) is 0 Å². The maximum absolute atomic E-state index is 13.2. The van der Waals surface area contributed by atoms with Crippen LogP contribution in [0, 0.1) is 0 Å². The number of aliphatic imine (C=N–C) groups is 2. The number of hydrogen-bond donors (Lipinski definition) is 1. The second kappa shape index (κ2) is 12.1. The Hall–Kier alpha value is -4.31. The number of amides is 1. The van der Waals surface area contributed by atoms with Crippen molar-refractivity contribution in [2.75, 3.05) is 27.4 Å². The number of hydrogen-bond acceptors (Lipinski definition) is 9. The van der Waals surface area contributed by atoms with Crippen LogP contribution < -0.4 is 18.9 Å². The average molecular weight is 587 g/mol. The Labute approximate surface area is 251 Å². The quantitative estimate of drug-likeness (QED) is 0.348. The lowest BCUT2D eigenvalue weighted by Gasteiger charge is -2.27. The van der Waals surface area contributed by atoms with Crippen molar-refractivity contribution in [2.24, 2.45) is 9.98 Å². The van der Waals surface area contributed by atoms with E-state index in [-0.39, 0.29) is 18.0 Å². The number of ether oxygens (including phenoxy) is 4. The Morgan fingerprint density at radius 1 is 0.791 bits per heavy atom. The number of carbonyl (C=O) groups is 1. The third-order valence-electron chi connectivity index (χ3n) is 8.23. The minimum Gasteiger partial charge on any atom is -0.493 e. The Bertz CT molecular complexity index is 1530. The van der Waals surface area contributed by atoms with E-state index in [1.807, 2.05) is 48.8 Å². The van der Waals surface area contributed by atoms with E-state index in [4.69, 9.17) is 18.9 Å². The van der Waals surface area contributed by atoms with Crippen molar-refractivity contribution >= 4 is 29.7 Å². The van der Waals surface area contributed by atoms with Crippen molar-refractivity contribution in [3.8, 4) is 23.0 Å². The first-order chi connectivity index (χ1) is 20.9. The van der Waals surface area contributed by atoms with Gasteiger partial charge >= 0.3 is 0 Å². The van der Waals surface area contributed by atoms with Crippen LogP contribution in [0.4, 0.5) is 11.4 Å². The smallest absolute Gasteiger partial charge is 0.260 e. The van der Waals surface area contributed by atoms with Gasteiger partial charge < -0.3 is 33.9 Å². The molecule has 3 atom stereocenters. The molecule has 10 heteroatoms. The van der Waals surface area contributed by atoms with Gasteiger partial charge in [0.05, 0.1) is 56.5 Å². The molecule has 6 rings (SSSR count). The van der Waals surface area contributed by atoms with E-state index in [1.165, 1.54) is 5.57 Å². The molecule has 10 nitrogen and oxygen atoms in total. The highest BCUT2D eigenvalue weighted by Crippen LogP contribution is 2.43. The summed E-state index contributed by atoms with van der Waals surface area (Å²) >= 11 is 0. The molecule has 4 aliphatic rings. The molecule has 2 aromatic rings. The summed E-state index contributed by atoms with van der Waals surface area (Å²) in [4.78, 5) is 26.1. The predicted octanol–water partition coefficient (Wildman–Crippen LogP) is 5.85. The van der Waals surface area contributed by atoms with Crippen molar-refractivity contribution in [2.45, 2.75) is 64.3 Å². The molecule has 0 saturated heterocycles. The molecule has 4 heterocycles. The van der Waals surface area contributed by atoms with Gasteiger partial charge in [0, 0.05) is 42.5 Å². The van der Waals surface area contributed by atoms with Gasteiger partial charge in [-0.15, -0.1) is 0 Å². The van der Waals surface area contributed by atoms with Crippen LogP contribution in [0.3, 0.4) is 0 Å². The van der Waals surface area contributed by atoms with Gasteiger partial charge in [0.15, 0.2) is 29.2 Å². The van der Waals surface area contributed by atoms with Gasteiger partial charge in [0.1, 0.15) is 0 Å². The average Bonchev–Trinajstić information content (AvgIpc) is 3.51. The van der Waals surface area contributed by atoms with Gasteiger partial charge in [-0.25, -0.2) is 0 Å². The minimum atomic E-state index is -0.799. The van der Waals surface area contributed by atoms with Crippen LogP contribution >= 0.6 is 0 Å². The Morgan fingerprint density at radius 3 is 2.12 bits per heavy atom. The lowest BCUT2D eigenvalue weighted by molar-refractivity contribution is 0.0336. The van der Waals surface area contributed by atoms with Crippen molar-refractivity contribution < 1.29 is 28.8 Å². The first kappa shape index (κ1) is 28.8. The zero-order chi connectivity index (χ0) is 30.1. The highest BCUT2D eigenvalue weighted by Gasteiger charge is 2.33. The number of aliphatic hydroxyl groups excluding tert-OH is 1. The molecule has 43 heavy (non-hydrogen) atoms. The number of unbranched alkanes of at least 4 members (excludes halogenated alkanes) is 2. The van der Waals surface area contributed by atoms with Crippen LogP contribution in [0.2, 0.25) is 0 Å². The molecule has 0 saturated carbocycles. The molecule has 0 radical (unpaired) electrons. The molecule has 0 spiro atoms. The fourth-order valence-electron chi connectivity index (χ4n) is 6.00. The molecule has 0 bridgehead atoms. The number of carbonyl (C=O) groups excluding carboxylic acids is 1. The SMILES string of the molecule is COc1cc2c(cc1OCCCCCOc1cc3c(cc1OC)C(O)N1C=C(C)C[C@H]1C=N3)N=C[C@@H]1CC(C)=CN1C2=O. The van der Waals surface area contributed by atoms with Gasteiger partial charge in [-0.3, -0.25) is 14.8 Å². The maximum Gasteiger partial charge on any atom is 0.260 e. The van der Waals surface area contributed by atoms with E-state index in [9.17, 15) is 9.90 Å². The Morgan fingerprint density at radius 2 is 1.40 bits per heavy atom. The number of benzene rings is 2. The van der Waals surface area contributed by atoms with E-state index in [2.05, 4.69) is 16.9 Å². The zero-order valence-electron chi connectivity index (χ0n) is 25.1. The molecule has 0 fully saturated rings. The monoisotopic (exact) mass is 586 g/mol. The van der Waals surface area contributed by atoms with Crippen molar-refractivity contribution in [1.82, 2.24) is 9.80 Å². The number of fused-ring (bicyclic) bond motifs is 4. The summed E-state index contributed by atoms with van der Waals surface area (Å²) < 4.78 is 23.3. The summed E-state index contributed by atoms with van der Waals surface area (Å²) in [5, 5.41) is 11.0. The van der Waals surface area contributed by atoms with Gasteiger partial charge in [0.25, 0.3) is 5.91 Å². The molecule has 1 amide bonds. The van der Waals surface area contributed by atoms with E-state index in [1.54, 1.807) is 31.3 Å². The molecule has 2 aromatic carbocycles. The Kier molecular flexibility index (Phi) is 8.12. The van der Waals surface area contributed by atoms with Crippen molar-refractivity contribution in [3.05, 3.63) is 58.9 Å². The Balaban J connectivity index is 1.02. The standard InChI is InChI=1S/C33H38N4O6/c1-20-10-22-16-34-26-14-30(28(40-3)12-24(26)32(38)36(22)18-20)42-8-6-5-7-9-43-31-15-27-25(13-29(31)41-4)33(39)37-19-21(2)11-23(37)17-35-27/h12-19,22-23,32,38H,5-11H2,1-4H3/t22-,23-,32?/m0/s1. The molecule has 226 valence electrons. The van der Waals surface area contributed by atoms with Crippen LogP contribution in [0.25, 0.3) is 0 Å². The summed E-state index contributed by atoms with van der Waals surface area (Å²) in [7, 11) is 3.17. The fourth-order valence-corrected chi connectivity index (χ4v) is 6.00. The summed E-state index contributed by atoms with van der Waals surface area (Å²) in [6, 6.07) is 7.16. The maximum atomic E-state index is 13.2. The minimum absolute atomic E-state index is 0.0421. The first-order valence-electron chi connectivity index (χ1n) is 14.8. The lowest BCUT2D eigenvalue weighted by atomic mass is 10.1. The molecule has 0 aliphatic carbocycles. The second-order valence-corrected chi connectivity index (χ2v) is 11.4. The summed E-state index contributed by atoms with van der Waals surface area (Å²) in [6.07, 6.45) is 11.0. The third kappa shape index (κ3) is 5.71. The molecule has 1 unspecified atom stereocenters. The van der Waals surface area contributed by atoms with E-state index in [0.717, 1.165) is 37.7 Å². The summed E-state index contributed by atoms with van der Waals surface area (Å²) in [6.45, 7) is 5.07. The highest BCUT2D eigenvalue weighted by atomic mass is 16.5. The molecular formula is C33H38N4O6. The van der Waals surface area contributed by atoms with Crippen LogP contribution in [-0.2, 0) is 0 Å². The van der Waals surface area contributed by atoms with Crippen LogP contribution in [0.15, 0.2) is 57.8 Å². The lowest BCUT2D eigenvalue weighted by Crippen LogP contribution is -2.32. The first-order valence-corrected chi connectivity index (χ1v) is 14.8. The molecule has 0 aromatic heterocycles. The number of aliphatic hydroxyl groups is 1. The van der Waals surface area contributed by atoms with E-state index < -0.39 is 6.23 Å². The van der Waals surface area contributed by atoms with Gasteiger partial charge in [-0.05, 0) is 58.1 Å². The predicted molar refractivity (Wildman–Crippen MR) is 164 cm³/mol. The topological polar surface area (TPSA) is 105 Å². The van der Waals surface area contributed by atoms with E-state index in [0.29, 0.717) is 58.7 Å². The number of nitrogens with zero attached hydrogens (tertiary/aromatic N) is 4. The third-order valence-corrected chi connectivity index (χ3v) is 8.23. The van der Waals surface area contributed by atoms with Crippen molar-refractivity contribution in [1.29, 1.82) is 0 Å². The highest BCUT2D eigenvalue weighted by molar-refractivity contribution is 6.04. The number of methoxy groups -OCH3 is 2. The van der Waals surface area contributed by atoms with Gasteiger partial charge in [0.2, 0.25) is 0 Å². The fraction of sp³-hybridized carbons (Fsp3) is 0.424. The van der Waals surface area contributed by atoms with Crippen LogP contribution in [-0.4, -0.2) is 72.8 Å². The molecular weight excluding hydrogens is 548 g/mol. The van der Waals surface area contributed by atoms with Crippen LogP contribution in [0.5, 0.6) is 23.0 Å². The normalized spacial score (nSPS) is 21.7. The largest absolute Gasteiger partial charge is 0.493 e. The van der Waals surface area contributed by atoms with Crippen LogP contribution in [0.1, 0.15) is 68.1 Å². The van der Waals surface area contributed by atoms with E-state index >= 15 is 0 Å². The summed E-state index contributed by atoms with van der Waals surface area (Å²) in [5.41, 5.74) is 4.85. The molecule has 1 N–H and O–H groups in total. The zero-order valence-corrected chi connectivity index (χ0v) is 25.1. The molecule has 4 aliphatic heterocycles. The van der Waals surface area contributed by atoms with Crippen molar-refractivity contribution in [3.63, 3.8) is 0 Å². The number of rotatable bonds is 10. The van der Waals surface area contributed by atoms with Gasteiger partial charge in [-0.1, -0.05) is 11.1 Å².